The van der Waals surface area contributed by atoms with Gasteiger partial charge in [-0.15, -0.1) is 0 Å². The molecule has 5 heteroatoms. The maximum Gasteiger partial charge on any atom is 0.274 e. The number of amides is 1. The first-order chi connectivity index (χ1) is 8.63. The van der Waals surface area contributed by atoms with Gasteiger partial charge in [0.25, 0.3) is 5.91 Å². The molecular weight excluding hydrogens is 228 g/mol. The lowest BCUT2D eigenvalue weighted by atomic mass is 9.92. The van der Waals surface area contributed by atoms with Crippen molar-refractivity contribution in [1.29, 1.82) is 0 Å². The minimum Gasteiger partial charge on any atom is -0.335 e. The first-order valence-electron chi connectivity index (χ1n) is 6.66. The maximum absolute atomic E-state index is 12.4. The Morgan fingerprint density at radius 1 is 1.56 bits per heavy atom. The monoisotopic (exact) mass is 250 g/mol. The van der Waals surface area contributed by atoms with Crippen LogP contribution in [0.4, 0.5) is 0 Å². The summed E-state index contributed by atoms with van der Waals surface area (Å²) in [5.41, 5.74) is 6.02. The van der Waals surface area contributed by atoms with Crippen LogP contribution in [0.2, 0.25) is 0 Å². The molecule has 2 unspecified atom stereocenters. The lowest BCUT2D eigenvalue weighted by molar-refractivity contribution is 0.0545. The Kier molecular flexibility index (Phi) is 4.01. The van der Waals surface area contributed by atoms with Crippen molar-refractivity contribution in [3.05, 3.63) is 18.2 Å². The van der Waals surface area contributed by atoms with E-state index in [0.29, 0.717) is 30.7 Å². The van der Waals surface area contributed by atoms with Crippen LogP contribution in [-0.2, 0) is 6.54 Å². The van der Waals surface area contributed by atoms with E-state index in [0.717, 1.165) is 13.0 Å². The van der Waals surface area contributed by atoms with Crippen molar-refractivity contribution < 1.29 is 4.79 Å². The van der Waals surface area contributed by atoms with E-state index in [2.05, 4.69) is 18.8 Å². The summed E-state index contributed by atoms with van der Waals surface area (Å²) in [6, 6.07) is 0.297. The molecule has 1 fully saturated rings. The molecule has 0 bridgehead atoms. The van der Waals surface area contributed by atoms with Crippen LogP contribution in [-0.4, -0.2) is 39.5 Å². The molecule has 0 saturated carbocycles. The van der Waals surface area contributed by atoms with Gasteiger partial charge < -0.3 is 15.2 Å². The highest BCUT2D eigenvalue weighted by Crippen LogP contribution is 2.24. The Bertz CT molecular complexity index is 415. The lowest BCUT2D eigenvalue weighted by Crippen LogP contribution is -2.46. The maximum atomic E-state index is 12.4. The van der Waals surface area contributed by atoms with E-state index in [1.54, 1.807) is 12.5 Å². The Morgan fingerprint density at radius 3 is 3.06 bits per heavy atom. The van der Waals surface area contributed by atoms with Crippen molar-refractivity contribution in [2.75, 3.05) is 13.1 Å². The number of hydrogen-bond donors (Lipinski definition) is 1. The minimum atomic E-state index is 0.0461. The third-order valence-electron chi connectivity index (χ3n) is 3.87. The van der Waals surface area contributed by atoms with Gasteiger partial charge in [0.1, 0.15) is 5.69 Å². The molecule has 0 spiro atoms. The summed E-state index contributed by atoms with van der Waals surface area (Å²) >= 11 is 0. The number of nitrogens with two attached hydrogens (primary N) is 1. The highest BCUT2D eigenvalue weighted by atomic mass is 16.2. The number of carbonyl (C=O) groups excluding carboxylic acids is 1. The molecule has 0 radical (unpaired) electrons. The van der Waals surface area contributed by atoms with Crippen molar-refractivity contribution in [1.82, 2.24) is 14.5 Å². The van der Waals surface area contributed by atoms with Crippen LogP contribution in [0.5, 0.6) is 0 Å². The quantitative estimate of drug-likeness (QED) is 0.873. The highest BCUT2D eigenvalue weighted by Gasteiger charge is 2.29. The van der Waals surface area contributed by atoms with E-state index in [1.807, 2.05) is 9.47 Å². The number of likely N-dealkylation sites (tertiary alicyclic amines) is 1. The zero-order valence-electron chi connectivity index (χ0n) is 11.2. The van der Waals surface area contributed by atoms with Crippen LogP contribution in [0.25, 0.3) is 0 Å². The molecule has 0 aliphatic carbocycles. The van der Waals surface area contributed by atoms with Gasteiger partial charge in [0.2, 0.25) is 0 Å². The van der Waals surface area contributed by atoms with Gasteiger partial charge in [-0.25, -0.2) is 4.98 Å². The average Bonchev–Trinajstić information content (AvgIpc) is 2.81. The number of hydrogen-bond acceptors (Lipinski definition) is 3. The fourth-order valence-corrected chi connectivity index (χ4v) is 2.51. The number of piperidine rings is 1. The van der Waals surface area contributed by atoms with Crippen molar-refractivity contribution in [3.63, 3.8) is 0 Å². The highest BCUT2D eigenvalue weighted by molar-refractivity contribution is 5.92. The summed E-state index contributed by atoms with van der Waals surface area (Å²) in [5, 5.41) is 0. The normalized spacial score (nSPS) is 24.3. The molecule has 1 aliphatic heterocycles. The number of nitrogens with zero attached hydrogens (tertiary/aromatic N) is 3. The Balaban J connectivity index is 2.09. The first-order valence-corrected chi connectivity index (χ1v) is 6.66. The first kappa shape index (κ1) is 13.1. The van der Waals surface area contributed by atoms with Crippen molar-refractivity contribution in [2.45, 2.75) is 39.3 Å². The summed E-state index contributed by atoms with van der Waals surface area (Å²) in [4.78, 5) is 18.5. The minimum absolute atomic E-state index is 0.0461. The van der Waals surface area contributed by atoms with Crippen LogP contribution in [0, 0.1) is 5.92 Å². The summed E-state index contributed by atoms with van der Waals surface area (Å²) < 4.78 is 1.87. The van der Waals surface area contributed by atoms with Crippen molar-refractivity contribution in [2.24, 2.45) is 11.7 Å². The molecule has 1 aromatic heterocycles. The second-order valence-electron chi connectivity index (χ2n) is 5.14. The summed E-state index contributed by atoms with van der Waals surface area (Å²) in [6.45, 7) is 6.43. The van der Waals surface area contributed by atoms with Crippen LogP contribution >= 0.6 is 0 Å². The number of rotatable bonds is 3. The van der Waals surface area contributed by atoms with Gasteiger partial charge in [0, 0.05) is 31.9 Å². The molecule has 0 aromatic carbocycles. The number of aromatic nitrogens is 2. The molecule has 2 atom stereocenters. The van der Waals surface area contributed by atoms with Crippen LogP contribution < -0.4 is 5.73 Å². The second kappa shape index (κ2) is 5.52. The molecule has 1 amide bonds. The van der Waals surface area contributed by atoms with Crippen LogP contribution in [0.3, 0.4) is 0 Å². The topological polar surface area (TPSA) is 64.2 Å². The van der Waals surface area contributed by atoms with Gasteiger partial charge in [-0.1, -0.05) is 6.92 Å². The Hall–Kier alpha value is -1.36. The van der Waals surface area contributed by atoms with E-state index in [1.165, 1.54) is 6.42 Å². The SMILES string of the molecule is CC1CCCN(C(=O)c2cn(CCN)cn2)C1C. The predicted molar refractivity (Wildman–Crippen MR) is 70.2 cm³/mol. The third kappa shape index (κ3) is 2.56. The molecule has 18 heavy (non-hydrogen) atoms. The zero-order valence-corrected chi connectivity index (χ0v) is 11.2. The predicted octanol–water partition coefficient (Wildman–Crippen LogP) is 1.10. The van der Waals surface area contributed by atoms with E-state index in [-0.39, 0.29) is 5.91 Å². The molecule has 100 valence electrons. The molecular formula is C13H22N4O. The molecule has 2 rings (SSSR count). The summed E-state index contributed by atoms with van der Waals surface area (Å²) in [5.74, 6) is 0.610. The van der Waals surface area contributed by atoms with Crippen LogP contribution in [0.1, 0.15) is 37.2 Å². The molecule has 1 aliphatic rings. The second-order valence-corrected chi connectivity index (χ2v) is 5.14. The number of imidazole rings is 1. The van der Waals surface area contributed by atoms with Gasteiger partial charge in [0.15, 0.2) is 0 Å². The molecule has 1 saturated heterocycles. The van der Waals surface area contributed by atoms with Gasteiger partial charge in [-0.05, 0) is 25.7 Å². The van der Waals surface area contributed by atoms with Gasteiger partial charge in [-0.2, -0.15) is 0 Å². The fraction of sp³-hybridized carbons (Fsp3) is 0.692. The number of carbonyl (C=O) groups is 1. The lowest BCUT2D eigenvalue weighted by Gasteiger charge is -2.37. The van der Waals surface area contributed by atoms with E-state index >= 15 is 0 Å². The van der Waals surface area contributed by atoms with Gasteiger partial charge in [-0.3, -0.25) is 4.79 Å². The van der Waals surface area contributed by atoms with Crippen molar-refractivity contribution in [3.8, 4) is 0 Å². The van der Waals surface area contributed by atoms with E-state index < -0.39 is 0 Å². The largest absolute Gasteiger partial charge is 0.335 e. The van der Waals surface area contributed by atoms with Gasteiger partial charge in [0.05, 0.1) is 6.33 Å². The van der Waals surface area contributed by atoms with Crippen molar-refractivity contribution >= 4 is 5.91 Å². The molecule has 1 aromatic rings. The summed E-state index contributed by atoms with van der Waals surface area (Å²) in [7, 11) is 0. The summed E-state index contributed by atoms with van der Waals surface area (Å²) in [6.07, 6.45) is 5.76. The Labute approximate surface area is 108 Å². The van der Waals surface area contributed by atoms with Gasteiger partial charge >= 0.3 is 0 Å². The molecule has 5 nitrogen and oxygen atoms in total. The smallest absolute Gasteiger partial charge is 0.274 e. The fourth-order valence-electron chi connectivity index (χ4n) is 2.51. The van der Waals surface area contributed by atoms with E-state index in [9.17, 15) is 4.79 Å². The molecule has 2 N–H and O–H groups in total. The average molecular weight is 250 g/mol. The third-order valence-corrected chi connectivity index (χ3v) is 3.87. The zero-order chi connectivity index (χ0) is 13.1. The molecule has 2 heterocycles. The van der Waals surface area contributed by atoms with Crippen LogP contribution in [0.15, 0.2) is 12.5 Å². The Morgan fingerprint density at radius 2 is 2.33 bits per heavy atom. The van der Waals surface area contributed by atoms with E-state index in [4.69, 9.17) is 5.73 Å². The standard InChI is InChI=1S/C13H22N4O/c1-10-4-3-6-17(11(10)2)13(18)12-8-16(7-5-14)9-15-12/h8-11H,3-7,14H2,1-2H3.